The molecule has 33 heavy (non-hydrogen) atoms. The predicted octanol–water partition coefficient (Wildman–Crippen LogP) is 4.82. The third kappa shape index (κ3) is 4.99. The molecule has 0 spiro atoms. The van der Waals surface area contributed by atoms with Gasteiger partial charge in [-0.2, -0.15) is 0 Å². The Labute approximate surface area is 199 Å². The summed E-state index contributed by atoms with van der Waals surface area (Å²) in [6.07, 6.45) is 1.55. The molecule has 0 aromatic heterocycles. The molecule has 0 unspecified atom stereocenters. The molecule has 3 aromatic rings. The van der Waals surface area contributed by atoms with E-state index in [9.17, 15) is 19.2 Å². The highest BCUT2D eigenvalue weighted by atomic mass is 79.9. The monoisotopic (exact) mass is 502 g/mol. The van der Waals surface area contributed by atoms with Gasteiger partial charge in [0.05, 0.1) is 13.1 Å². The van der Waals surface area contributed by atoms with Gasteiger partial charge in [-0.05, 0) is 23.8 Å². The number of nitrogens with zero attached hydrogens (tertiary/aromatic N) is 2. The highest BCUT2D eigenvalue weighted by Gasteiger charge is 2.42. The highest BCUT2D eigenvalue weighted by molar-refractivity contribution is 9.10. The summed E-state index contributed by atoms with van der Waals surface area (Å²) in [4.78, 5) is 53.9. The van der Waals surface area contributed by atoms with Gasteiger partial charge in [-0.15, -0.1) is 0 Å². The van der Waals surface area contributed by atoms with Crippen molar-refractivity contribution >= 4 is 45.5 Å². The SMILES string of the molecule is O=C(CN1C(=O)/C(=C/c2ccc(Br)cc2)N(CC(=O)c2ccccc2)C1=O)c1ccccc1. The first kappa shape index (κ1) is 22.4. The summed E-state index contributed by atoms with van der Waals surface area (Å²) >= 11 is 3.37. The van der Waals surface area contributed by atoms with Crippen LogP contribution in [0.4, 0.5) is 4.79 Å². The Morgan fingerprint density at radius 3 is 1.70 bits per heavy atom. The second kappa shape index (κ2) is 9.75. The summed E-state index contributed by atoms with van der Waals surface area (Å²) in [6, 6.07) is 23.5. The Hall–Kier alpha value is -3.84. The first-order valence-electron chi connectivity index (χ1n) is 10.2. The lowest BCUT2D eigenvalue weighted by atomic mass is 10.1. The fourth-order valence-corrected chi connectivity index (χ4v) is 3.72. The molecule has 1 aliphatic heterocycles. The third-order valence-electron chi connectivity index (χ3n) is 5.19. The van der Waals surface area contributed by atoms with E-state index in [0.29, 0.717) is 16.7 Å². The van der Waals surface area contributed by atoms with Gasteiger partial charge in [0.15, 0.2) is 11.6 Å². The number of imide groups is 1. The van der Waals surface area contributed by atoms with E-state index < -0.39 is 18.5 Å². The maximum atomic E-state index is 13.2. The van der Waals surface area contributed by atoms with Crippen molar-refractivity contribution in [1.29, 1.82) is 0 Å². The fraction of sp³-hybridized carbons (Fsp3) is 0.0769. The van der Waals surface area contributed by atoms with E-state index >= 15 is 0 Å². The van der Waals surface area contributed by atoms with Crippen molar-refractivity contribution in [2.24, 2.45) is 0 Å². The molecule has 0 aliphatic carbocycles. The van der Waals surface area contributed by atoms with E-state index in [4.69, 9.17) is 0 Å². The Balaban J connectivity index is 1.65. The molecule has 1 fully saturated rings. The number of urea groups is 1. The normalized spacial score (nSPS) is 14.8. The quantitative estimate of drug-likeness (QED) is 0.263. The lowest BCUT2D eigenvalue weighted by Crippen LogP contribution is -2.38. The predicted molar refractivity (Wildman–Crippen MR) is 127 cm³/mol. The summed E-state index contributed by atoms with van der Waals surface area (Å²) < 4.78 is 0.865. The number of Topliss-reactive ketones (excluding diaryl/α,β-unsaturated/α-hetero) is 2. The maximum absolute atomic E-state index is 13.2. The number of hydrogen-bond acceptors (Lipinski definition) is 4. The first-order chi connectivity index (χ1) is 15.9. The molecular formula is C26H19BrN2O4. The number of benzene rings is 3. The smallest absolute Gasteiger partial charge is 0.292 e. The van der Waals surface area contributed by atoms with Crippen LogP contribution in [0.3, 0.4) is 0 Å². The van der Waals surface area contributed by atoms with Crippen molar-refractivity contribution < 1.29 is 19.2 Å². The van der Waals surface area contributed by atoms with Crippen molar-refractivity contribution in [2.75, 3.05) is 13.1 Å². The van der Waals surface area contributed by atoms with E-state index in [1.807, 2.05) is 12.1 Å². The van der Waals surface area contributed by atoms with Gasteiger partial charge < -0.3 is 0 Å². The lowest BCUT2D eigenvalue weighted by molar-refractivity contribution is -0.122. The number of ketones is 2. The van der Waals surface area contributed by atoms with E-state index in [1.165, 1.54) is 0 Å². The zero-order valence-corrected chi connectivity index (χ0v) is 19.1. The van der Waals surface area contributed by atoms with Gasteiger partial charge >= 0.3 is 6.03 Å². The minimum Gasteiger partial charge on any atom is -0.292 e. The summed E-state index contributed by atoms with van der Waals surface area (Å²) in [7, 11) is 0. The largest absolute Gasteiger partial charge is 0.332 e. The average molecular weight is 503 g/mol. The molecule has 0 bridgehead atoms. The number of carbonyl (C=O) groups is 4. The van der Waals surface area contributed by atoms with Crippen molar-refractivity contribution in [1.82, 2.24) is 9.80 Å². The van der Waals surface area contributed by atoms with Crippen LogP contribution in [-0.4, -0.2) is 46.4 Å². The Morgan fingerprint density at radius 1 is 0.697 bits per heavy atom. The molecule has 0 N–H and O–H groups in total. The number of rotatable bonds is 7. The van der Waals surface area contributed by atoms with Crippen LogP contribution in [0.5, 0.6) is 0 Å². The Morgan fingerprint density at radius 2 is 1.18 bits per heavy atom. The van der Waals surface area contributed by atoms with Crippen molar-refractivity contribution in [3.63, 3.8) is 0 Å². The second-order valence-electron chi connectivity index (χ2n) is 7.42. The first-order valence-corrected chi connectivity index (χ1v) is 11.0. The van der Waals surface area contributed by atoms with Crippen LogP contribution in [0.2, 0.25) is 0 Å². The van der Waals surface area contributed by atoms with E-state index in [-0.39, 0.29) is 23.8 Å². The number of carbonyl (C=O) groups excluding carboxylic acids is 4. The van der Waals surface area contributed by atoms with E-state index in [0.717, 1.165) is 14.3 Å². The summed E-state index contributed by atoms with van der Waals surface area (Å²) in [6.45, 7) is -0.720. The summed E-state index contributed by atoms with van der Waals surface area (Å²) in [5, 5.41) is 0. The molecule has 1 heterocycles. The molecule has 0 atom stereocenters. The van der Waals surface area contributed by atoms with Crippen LogP contribution in [0, 0.1) is 0 Å². The van der Waals surface area contributed by atoms with E-state index in [2.05, 4.69) is 15.9 Å². The zero-order valence-electron chi connectivity index (χ0n) is 17.5. The van der Waals surface area contributed by atoms with Crippen molar-refractivity contribution in [3.8, 4) is 0 Å². The van der Waals surface area contributed by atoms with Gasteiger partial charge in [0.25, 0.3) is 5.91 Å². The van der Waals surface area contributed by atoms with Crippen molar-refractivity contribution in [3.05, 3.63) is 112 Å². The van der Waals surface area contributed by atoms with Crippen LogP contribution < -0.4 is 0 Å². The molecular weight excluding hydrogens is 484 g/mol. The minimum absolute atomic E-state index is 0.0486. The maximum Gasteiger partial charge on any atom is 0.332 e. The topological polar surface area (TPSA) is 74.8 Å². The molecule has 7 heteroatoms. The Bertz CT molecular complexity index is 1240. The zero-order chi connectivity index (χ0) is 23.4. The van der Waals surface area contributed by atoms with Crippen LogP contribution in [0.1, 0.15) is 26.3 Å². The molecule has 1 saturated heterocycles. The number of amides is 3. The molecule has 0 radical (unpaired) electrons. The van der Waals surface area contributed by atoms with Gasteiger partial charge in [0, 0.05) is 15.6 Å². The fourth-order valence-electron chi connectivity index (χ4n) is 3.46. The summed E-state index contributed by atoms with van der Waals surface area (Å²) in [5.74, 6) is -1.29. The molecule has 164 valence electrons. The average Bonchev–Trinajstić information content (AvgIpc) is 3.05. The summed E-state index contributed by atoms with van der Waals surface area (Å²) in [5.41, 5.74) is 1.56. The minimum atomic E-state index is -0.697. The van der Waals surface area contributed by atoms with Crippen LogP contribution in [0.15, 0.2) is 95.1 Å². The molecule has 3 aromatic carbocycles. The van der Waals surface area contributed by atoms with Crippen LogP contribution >= 0.6 is 15.9 Å². The number of hydrogen-bond donors (Lipinski definition) is 0. The van der Waals surface area contributed by atoms with Gasteiger partial charge in [0.2, 0.25) is 0 Å². The molecule has 6 nitrogen and oxygen atoms in total. The lowest BCUT2D eigenvalue weighted by Gasteiger charge is -2.16. The van der Waals surface area contributed by atoms with Gasteiger partial charge in [-0.3, -0.25) is 24.2 Å². The molecule has 0 saturated carbocycles. The van der Waals surface area contributed by atoms with Crippen molar-refractivity contribution in [2.45, 2.75) is 0 Å². The van der Waals surface area contributed by atoms with E-state index in [1.54, 1.807) is 78.9 Å². The molecule has 4 rings (SSSR count). The molecule has 3 amide bonds. The third-order valence-corrected chi connectivity index (χ3v) is 5.71. The Kier molecular flexibility index (Phi) is 6.60. The second-order valence-corrected chi connectivity index (χ2v) is 8.34. The van der Waals surface area contributed by atoms with Gasteiger partial charge in [-0.25, -0.2) is 4.79 Å². The highest BCUT2D eigenvalue weighted by Crippen LogP contribution is 2.25. The standard InChI is InChI=1S/C26H19BrN2O4/c27-21-13-11-18(12-14-21)15-22-25(32)29(17-24(31)20-9-5-2-6-10-20)26(33)28(22)16-23(30)19-7-3-1-4-8-19/h1-15H,16-17H2/b22-15-. The van der Waals surface area contributed by atoms with Gasteiger partial charge in [-0.1, -0.05) is 88.7 Å². The van der Waals surface area contributed by atoms with Crippen LogP contribution in [-0.2, 0) is 4.79 Å². The number of halogens is 1. The molecule has 1 aliphatic rings. The van der Waals surface area contributed by atoms with Crippen LogP contribution in [0.25, 0.3) is 6.08 Å². The van der Waals surface area contributed by atoms with Gasteiger partial charge in [0.1, 0.15) is 5.70 Å².